The summed E-state index contributed by atoms with van der Waals surface area (Å²) in [5, 5.41) is 8.84. The Kier molecular flexibility index (Phi) is 18.2. The molecule has 0 aromatic carbocycles. The first kappa shape index (κ1) is 27.9. The lowest BCUT2D eigenvalue weighted by Gasteiger charge is -2.20. The van der Waals surface area contributed by atoms with Crippen LogP contribution in [0, 0.1) is 5.41 Å². The van der Waals surface area contributed by atoms with Crippen molar-refractivity contribution in [2.75, 3.05) is 6.61 Å². The first-order valence-corrected chi connectivity index (χ1v) is 12.2. The highest BCUT2D eigenvalue weighted by Crippen LogP contribution is 2.25. The molecular formula is C25H48O4. The van der Waals surface area contributed by atoms with Gasteiger partial charge in [0.15, 0.2) is 0 Å². The van der Waals surface area contributed by atoms with E-state index in [1.807, 2.05) is 0 Å². The van der Waals surface area contributed by atoms with Crippen LogP contribution in [0.25, 0.3) is 0 Å². The molecule has 0 unspecified atom stereocenters. The predicted molar refractivity (Wildman–Crippen MR) is 121 cm³/mol. The molecule has 0 saturated heterocycles. The third-order valence-electron chi connectivity index (χ3n) is 5.51. The van der Waals surface area contributed by atoms with E-state index in [-0.39, 0.29) is 18.8 Å². The summed E-state index contributed by atoms with van der Waals surface area (Å²) in [5.41, 5.74) is -0.544. The summed E-state index contributed by atoms with van der Waals surface area (Å²) in [6, 6.07) is 0. The third kappa shape index (κ3) is 21.5. The number of carbonyl (C=O) groups is 2. The van der Waals surface area contributed by atoms with Gasteiger partial charge in [0.25, 0.3) is 0 Å². The maximum atomic E-state index is 11.8. The highest BCUT2D eigenvalue weighted by atomic mass is 16.5. The maximum Gasteiger partial charge on any atom is 0.306 e. The zero-order valence-corrected chi connectivity index (χ0v) is 19.6. The van der Waals surface area contributed by atoms with E-state index < -0.39 is 11.4 Å². The van der Waals surface area contributed by atoms with Crippen LogP contribution in [0.2, 0.25) is 0 Å². The predicted octanol–water partition coefficient (Wildman–Crippen LogP) is 7.68. The maximum absolute atomic E-state index is 11.8. The number of rotatable bonds is 21. The highest BCUT2D eigenvalue weighted by Gasteiger charge is 2.25. The quantitative estimate of drug-likeness (QED) is 0.155. The van der Waals surface area contributed by atoms with Crippen LogP contribution in [0.15, 0.2) is 0 Å². The van der Waals surface area contributed by atoms with Gasteiger partial charge in [-0.3, -0.25) is 9.59 Å². The molecule has 0 heterocycles. The molecular weight excluding hydrogens is 364 g/mol. The van der Waals surface area contributed by atoms with Gasteiger partial charge in [0.2, 0.25) is 0 Å². The minimum atomic E-state index is -0.874. The van der Waals surface area contributed by atoms with E-state index in [4.69, 9.17) is 9.84 Å². The van der Waals surface area contributed by atoms with E-state index in [1.54, 1.807) is 13.8 Å². The lowest BCUT2D eigenvalue weighted by molar-refractivity contribution is -0.147. The molecule has 0 aliphatic carbocycles. The van der Waals surface area contributed by atoms with Gasteiger partial charge in [0, 0.05) is 0 Å². The fourth-order valence-corrected chi connectivity index (χ4v) is 3.75. The lowest BCUT2D eigenvalue weighted by atomic mass is 9.86. The van der Waals surface area contributed by atoms with Gasteiger partial charge in [-0.05, 0) is 11.8 Å². The van der Waals surface area contributed by atoms with Crippen molar-refractivity contribution in [1.82, 2.24) is 0 Å². The molecule has 0 spiro atoms. The van der Waals surface area contributed by atoms with E-state index in [0.717, 1.165) is 12.8 Å². The molecule has 4 heteroatoms. The van der Waals surface area contributed by atoms with Gasteiger partial charge >= 0.3 is 11.9 Å². The highest BCUT2D eigenvalue weighted by molar-refractivity contribution is 5.73. The summed E-state index contributed by atoms with van der Waals surface area (Å²) in [6.45, 7) is 6.31. The molecule has 29 heavy (non-hydrogen) atoms. The fourth-order valence-electron chi connectivity index (χ4n) is 3.75. The summed E-state index contributed by atoms with van der Waals surface area (Å²) in [5.74, 6) is -1.15. The van der Waals surface area contributed by atoms with Crippen LogP contribution in [-0.2, 0) is 14.3 Å². The molecule has 0 aromatic rings. The summed E-state index contributed by atoms with van der Waals surface area (Å²) >= 11 is 0. The number of hydrogen-bond donors (Lipinski definition) is 1. The standard InChI is InChI=1S/C25H48O4/c1-4-5-6-7-8-9-10-11-12-13-14-15-16-17-18-19-20-29-24(28)22-25(2,3)21-23(26)27/h4-22H2,1-3H3,(H,26,27). The molecule has 0 saturated carbocycles. The first-order chi connectivity index (χ1) is 13.9. The van der Waals surface area contributed by atoms with E-state index in [1.165, 1.54) is 89.9 Å². The molecule has 0 aromatic heterocycles. The molecule has 0 rings (SSSR count). The van der Waals surface area contributed by atoms with Gasteiger partial charge in [0.05, 0.1) is 19.4 Å². The van der Waals surface area contributed by atoms with Gasteiger partial charge in [-0.15, -0.1) is 0 Å². The minimum Gasteiger partial charge on any atom is -0.481 e. The Balaban J connectivity index is 3.29. The van der Waals surface area contributed by atoms with Gasteiger partial charge < -0.3 is 9.84 Å². The fraction of sp³-hybridized carbons (Fsp3) is 0.920. The van der Waals surface area contributed by atoms with Crippen molar-refractivity contribution in [2.24, 2.45) is 5.41 Å². The zero-order chi connectivity index (χ0) is 21.8. The van der Waals surface area contributed by atoms with Crippen molar-refractivity contribution in [1.29, 1.82) is 0 Å². The smallest absolute Gasteiger partial charge is 0.306 e. The van der Waals surface area contributed by atoms with Crippen LogP contribution in [0.5, 0.6) is 0 Å². The van der Waals surface area contributed by atoms with Gasteiger partial charge in [0.1, 0.15) is 0 Å². The van der Waals surface area contributed by atoms with Crippen LogP contribution in [0.1, 0.15) is 136 Å². The number of carbonyl (C=O) groups excluding carboxylic acids is 1. The number of hydrogen-bond acceptors (Lipinski definition) is 3. The second-order valence-electron chi connectivity index (χ2n) is 9.44. The van der Waals surface area contributed by atoms with Crippen molar-refractivity contribution < 1.29 is 19.4 Å². The number of carboxylic acid groups (broad SMARTS) is 1. The molecule has 0 aliphatic heterocycles. The first-order valence-electron chi connectivity index (χ1n) is 12.2. The Morgan fingerprint density at radius 2 is 1.03 bits per heavy atom. The lowest BCUT2D eigenvalue weighted by Crippen LogP contribution is -2.22. The molecule has 0 atom stereocenters. The SMILES string of the molecule is CCCCCCCCCCCCCCCCCCOC(=O)CC(C)(C)CC(=O)O. The number of aliphatic carboxylic acids is 1. The average molecular weight is 413 g/mol. The summed E-state index contributed by atoms with van der Waals surface area (Å²) in [4.78, 5) is 22.6. The van der Waals surface area contributed by atoms with Gasteiger partial charge in [-0.1, -0.05) is 117 Å². The monoisotopic (exact) mass is 412 g/mol. The molecule has 0 radical (unpaired) electrons. The normalized spacial score (nSPS) is 11.6. The van der Waals surface area contributed by atoms with E-state index in [0.29, 0.717) is 6.61 Å². The Bertz CT molecular complexity index is 404. The topological polar surface area (TPSA) is 63.6 Å². The third-order valence-corrected chi connectivity index (χ3v) is 5.51. The summed E-state index contributed by atoms with van der Waals surface area (Å²) < 4.78 is 5.25. The van der Waals surface area contributed by atoms with E-state index >= 15 is 0 Å². The molecule has 0 aliphatic rings. The molecule has 0 amide bonds. The molecule has 172 valence electrons. The zero-order valence-electron chi connectivity index (χ0n) is 19.6. The van der Waals surface area contributed by atoms with Crippen molar-refractivity contribution in [3.63, 3.8) is 0 Å². The summed E-state index contributed by atoms with van der Waals surface area (Å²) in [6.07, 6.45) is 21.3. The second kappa shape index (κ2) is 18.9. The van der Waals surface area contributed by atoms with Crippen molar-refractivity contribution in [2.45, 2.75) is 136 Å². The van der Waals surface area contributed by atoms with Crippen LogP contribution in [0.3, 0.4) is 0 Å². The van der Waals surface area contributed by atoms with E-state index in [2.05, 4.69) is 6.92 Å². The van der Waals surface area contributed by atoms with Crippen LogP contribution in [-0.4, -0.2) is 23.7 Å². The second-order valence-corrected chi connectivity index (χ2v) is 9.44. The van der Waals surface area contributed by atoms with Crippen LogP contribution >= 0.6 is 0 Å². The molecule has 0 bridgehead atoms. The van der Waals surface area contributed by atoms with Gasteiger partial charge in [-0.25, -0.2) is 0 Å². The van der Waals surface area contributed by atoms with Crippen LogP contribution < -0.4 is 0 Å². The van der Waals surface area contributed by atoms with Crippen molar-refractivity contribution >= 4 is 11.9 Å². The number of carboxylic acids is 1. The average Bonchev–Trinajstić information content (AvgIpc) is 2.62. The van der Waals surface area contributed by atoms with Crippen molar-refractivity contribution in [3.05, 3.63) is 0 Å². The minimum absolute atomic E-state index is 0.0128. The summed E-state index contributed by atoms with van der Waals surface area (Å²) in [7, 11) is 0. The number of unbranched alkanes of at least 4 members (excludes halogenated alkanes) is 15. The Morgan fingerprint density at radius 1 is 0.655 bits per heavy atom. The molecule has 1 N–H and O–H groups in total. The number of ether oxygens (including phenoxy) is 1. The van der Waals surface area contributed by atoms with E-state index in [9.17, 15) is 9.59 Å². The Hall–Kier alpha value is -1.06. The van der Waals surface area contributed by atoms with Crippen molar-refractivity contribution in [3.8, 4) is 0 Å². The molecule has 4 nitrogen and oxygen atoms in total. The number of esters is 1. The Labute approximate surface area is 180 Å². The van der Waals surface area contributed by atoms with Gasteiger partial charge in [-0.2, -0.15) is 0 Å². The molecule has 0 fully saturated rings. The van der Waals surface area contributed by atoms with Crippen LogP contribution in [0.4, 0.5) is 0 Å². The largest absolute Gasteiger partial charge is 0.481 e. The Morgan fingerprint density at radius 3 is 1.41 bits per heavy atom.